The van der Waals surface area contributed by atoms with E-state index in [9.17, 15) is 18.0 Å². The highest BCUT2D eigenvalue weighted by Crippen LogP contribution is 2.29. The van der Waals surface area contributed by atoms with Gasteiger partial charge < -0.3 is 4.57 Å². The fourth-order valence-electron chi connectivity index (χ4n) is 2.55. The fourth-order valence-corrected chi connectivity index (χ4v) is 3.74. The van der Waals surface area contributed by atoms with Gasteiger partial charge in [-0.3, -0.25) is 4.79 Å². The van der Waals surface area contributed by atoms with Crippen molar-refractivity contribution in [3.05, 3.63) is 64.0 Å². The summed E-state index contributed by atoms with van der Waals surface area (Å²) in [6, 6.07) is 10.3. The van der Waals surface area contributed by atoms with Gasteiger partial charge in [0.15, 0.2) is 4.80 Å². The lowest BCUT2D eigenvalue weighted by Crippen LogP contribution is -2.16. The van der Waals surface area contributed by atoms with E-state index in [2.05, 4.69) is 4.99 Å². The molecule has 0 spiro atoms. The Morgan fingerprint density at radius 2 is 1.96 bits per heavy atom. The molecule has 3 aromatic rings. The second-order valence-electron chi connectivity index (χ2n) is 5.60. The molecule has 0 saturated carbocycles. The molecule has 130 valence electrons. The number of halogens is 3. The van der Waals surface area contributed by atoms with E-state index >= 15 is 0 Å². The number of aromatic nitrogens is 1. The molecule has 0 aliphatic heterocycles. The number of rotatable bonds is 2. The fraction of sp³-hybridized carbons (Fsp3) is 0.222. The Hall–Kier alpha value is -2.41. The molecule has 25 heavy (non-hydrogen) atoms. The topological polar surface area (TPSA) is 34.4 Å². The minimum atomic E-state index is -4.49. The van der Waals surface area contributed by atoms with Crippen LogP contribution in [0, 0.1) is 6.92 Å². The zero-order valence-electron chi connectivity index (χ0n) is 13.6. The molecule has 1 amide bonds. The molecule has 1 heterocycles. The molecule has 2 aromatic carbocycles. The Labute approximate surface area is 146 Å². The maximum absolute atomic E-state index is 12.8. The molecule has 0 aliphatic rings. The number of benzene rings is 2. The molecular weight excluding hydrogens is 349 g/mol. The predicted molar refractivity (Wildman–Crippen MR) is 91.6 cm³/mol. The minimum absolute atomic E-state index is 0.0777. The van der Waals surface area contributed by atoms with Crippen LogP contribution in [0.15, 0.2) is 47.5 Å². The first-order chi connectivity index (χ1) is 11.8. The Morgan fingerprint density at radius 3 is 2.64 bits per heavy atom. The van der Waals surface area contributed by atoms with Crippen LogP contribution in [0.4, 0.5) is 13.2 Å². The first kappa shape index (κ1) is 17.4. The van der Waals surface area contributed by atoms with Crippen LogP contribution in [0.5, 0.6) is 0 Å². The Balaban J connectivity index is 2.09. The molecule has 0 N–H and O–H groups in total. The van der Waals surface area contributed by atoms with Gasteiger partial charge >= 0.3 is 6.18 Å². The molecule has 0 radical (unpaired) electrons. The lowest BCUT2D eigenvalue weighted by molar-refractivity contribution is -0.137. The molecule has 0 atom stereocenters. The number of carbonyl (C=O) groups excluding carboxylic acids is 1. The summed E-state index contributed by atoms with van der Waals surface area (Å²) in [6.45, 7) is 4.51. The quantitative estimate of drug-likeness (QED) is 0.644. The molecule has 3 nitrogen and oxygen atoms in total. The number of alkyl halides is 3. The van der Waals surface area contributed by atoms with Gasteiger partial charge in [0.25, 0.3) is 5.91 Å². The molecule has 1 aromatic heterocycles. The number of hydrogen-bond donors (Lipinski definition) is 0. The van der Waals surface area contributed by atoms with Crippen molar-refractivity contribution < 1.29 is 18.0 Å². The van der Waals surface area contributed by atoms with E-state index < -0.39 is 17.6 Å². The van der Waals surface area contributed by atoms with Gasteiger partial charge in [-0.2, -0.15) is 18.2 Å². The summed E-state index contributed by atoms with van der Waals surface area (Å²) in [5.41, 5.74) is 1.11. The van der Waals surface area contributed by atoms with E-state index in [1.807, 2.05) is 36.6 Å². The molecule has 0 unspecified atom stereocenters. The van der Waals surface area contributed by atoms with Crippen molar-refractivity contribution in [2.45, 2.75) is 26.6 Å². The van der Waals surface area contributed by atoms with Crippen LogP contribution in [0.1, 0.15) is 28.4 Å². The van der Waals surface area contributed by atoms with Crippen molar-refractivity contribution in [2.75, 3.05) is 0 Å². The summed E-state index contributed by atoms with van der Waals surface area (Å²) in [4.78, 5) is 16.9. The van der Waals surface area contributed by atoms with Crippen LogP contribution in [0.3, 0.4) is 0 Å². The predicted octanol–water partition coefficient (Wildman–Crippen LogP) is 4.79. The third-order valence-electron chi connectivity index (χ3n) is 3.79. The number of nitrogens with zero attached hydrogens (tertiary/aromatic N) is 2. The maximum Gasteiger partial charge on any atom is 0.416 e. The first-order valence-corrected chi connectivity index (χ1v) is 8.47. The van der Waals surface area contributed by atoms with Crippen molar-refractivity contribution >= 4 is 27.5 Å². The van der Waals surface area contributed by atoms with E-state index in [-0.39, 0.29) is 5.56 Å². The average molecular weight is 364 g/mol. The van der Waals surface area contributed by atoms with Crippen molar-refractivity contribution in [2.24, 2.45) is 4.99 Å². The smallest absolute Gasteiger partial charge is 0.317 e. The summed E-state index contributed by atoms with van der Waals surface area (Å²) < 4.78 is 41.3. The second kappa shape index (κ2) is 6.48. The Kier molecular flexibility index (Phi) is 4.51. The molecule has 7 heteroatoms. The highest BCUT2D eigenvalue weighted by molar-refractivity contribution is 7.16. The van der Waals surface area contributed by atoms with Gasteiger partial charge in [0, 0.05) is 12.1 Å². The minimum Gasteiger partial charge on any atom is -0.317 e. The normalized spacial score (nSPS) is 12.8. The van der Waals surface area contributed by atoms with E-state index in [1.165, 1.54) is 23.5 Å². The largest absolute Gasteiger partial charge is 0.416 e. The van der Waals surface area contributed by atoms with Gasteiger partial charge in [-0.25, -0.2) is 0 Å². The van der Waals surface area contributed by atoms with Gasteiger partial charge in [-0.15, -0.1) is 0 Å². The zero-order valence-corrected chi connectivity index (χ0v) is 14.4. The van der Waals surface area contributed by atoms with Crippen molar-refractivity contribution in [1.82, 2.24) is 4.57 Å². The summed E-state index contributed by atoms with van der Waals surface area (Å²) in [6.07, 6.45) is -4.49. The molecule has 0 bridgehead atoms. The monoisotopic (exact) mass is 364 g/mol. The van der Waals surface area contributed by atoms with Crippen LogP contribution in [0.2, 0.25) is 0 Å². The number of carbonyl (C=O) groups is 1. The van der Waals surface area contributed by atoms with Gasteiger partial charge in [-0.05, 0) is 49.7 Å². The van der Waals surface area contributed by atoms with E-state index in [0.29, 0.717) is 11.3 Å². The summed E-state index contributed by atoms with van der Waals surface area (Å²) in [7, 11) is 0. The highest BCUT2D eigenvalue weighted by Gasteiger charge is 2.30. The molecule has 0 saturated heterocycles. The molecule has 0 aliphatic carbocycles. The van der Waals surface area contributed by atoms with E-state index in [1.54, 1.807) is 0 Å². The van der Waals surface area contributed by atoms with Gasteiger partial charge in [0.2, 0.25) is 0 Å². The maximum atomic E-state index is 12.8. The average Bonchev–Trinajstić information content (AvgIpc) is 2.90. The third-order valence-corrected chi connectivity index (χ3v) is 4.83. The number of fused-ring (bicyclic) bond motifs is 1. The SMILES string of the molecule is CCn1c(=NC(=O)c2cccc(C(F)(F)F)c2)sc2cc(C)ccc21. The van der Waals surface area contributed by atoms with Crippen LogP contribution in [-0.2, 0) is 12.7 Å². The lowest BCUT2D eigenvalue weighted by atomic mass is 10.1. The molecular formula is C18H15F3N2OS. The number of thiazole rings is 1. The third kappa shape index (κ3) is 3.51. The van der Waals surface area contributed by atoms with Crippen LogP contribution < -0.4 is 4.80 Å². The summed E-state index contributed by atoms with van der Waals surface area (Å²) in [5, 5.41) is 0. The number of aryl methyl sites for hydroxylation is 2. The summed E-state index contributed by atoms with van der Waals surface area (Å²) in [5.74, 6) is -0.684. The van der Waals surface area contributed by atoms with Gasteiger partial charge in [-0.1, -0.05) is 23.5 Å². The lowest BCUT2D eigenvalue weighted by Gasteiger charge is -2.06. The van der Waals surface area contributed by atoms with Crippen LogP contribution >= 0.6 is 11.3 Å². The second-order valence-corrected chi connectivity index (χ2v) is 6.60. The first-order valence-electron chi connectivity index (χ1n) is 7.66. The molecule has 0 fully saturated rings. The van der Waals surface area contributed by atoms with Crippen molar-refractivity contribution in [3.8, 4) is 0 Å². The number of amides is 1. The Bertz CT molecular complexity index is 1020. The van der Waals surface area contributed by atoms with Crippen LogP contribution in [-0.4, -0.2) is 10.5 Å². The van der Waals surface area contributed by atoms with Crippen molar-refractivity contribution in [3.63, 3.8) is 0 Å². The summed E-state index contributed by atoms with van der Waals surface area (Å²) >= 11 is 1.35. The van der Waals surface area contributed by atoms with E-state index in [0.717, 1.165) is 27.9 Å². The zero-order chi connectivity index (χ0) is 18.2. The van der Waals surface area contributed by atoms with Gasteiger partial charge in [0.05, 0.1) is 15.8 Å². The highest BCUT2D eigenvalue weighted by atomic mass is 32.1. The number of hydrogen-bond acceptors (Lipinski definition) is 2. The van der Waals surface area contributed by atoms with Crippen molar-refractivity contribution in [1.29, 1.82) is 0 Å². The standard InChI is InChI=1S/C18H15F3N2OS/c1-3-23-14-8-7-11(2)9-15(14)25-17(23)22-16(24)12-5-4-6-13(10-12)18(19,20)21/h4-10H,3H2,1-2H3. The van der Waals surface area contributed by atoms with E-state index in [4.69, 9.17) is 0 Å². The van der Waals surface area contributed by atoms with Crippen LogP contribution in [0.25, 0.3) is 10.2 Å². The molecule has 3 rings (SSSR count). The van der Waals surface area contributed by atoms with Gasteiger partial charge in [0.1, 0.15) is 0 Å². The Morgan fingerprint density at radius 1 is 1.20 bits per heavy atom.